The van der Waals surface area contributed by atoms with Gasteiger partial charge in [0.2, 0.25) is 0 Å². The van der Waals surface area contributed by atoms with E-state index in [4.69, 9.17) is 9.47 Å². The Morgan fingerprint density at radius 3 is 2.60 bits per heavy atom. The molecule has 0 fully saturated rings. The number of hydrogen-bond acceptors (Lipinski definition) is 4. The van der Waals surface area contributed by atoms with Crippen LogP contribution in [0.25, 0.3) is 0 Å². The molecule has 0 aliphatic heterocycles. The number of alkyl carbamates (subject to hydrolysis) is 1. The summed E-state index contributed by atoms with van der Waals surface area (Å²) in [5, 5.41) is 5.89. The molecule has 1 aromatic carbocycles. The van der Waals surface area contributed by atoms with Gasteiger partial charge in [0.05, 0.1) is 6.61 Å². The van der Waals surface area contributed by atoms with Gasteiger partial charge in [-0.15, -0.1) is 0 Å². The summed E-state index contributed by atoms with van der Waals surface area (Å²) in [5.41, 5.74) is -0.127. The third kappa shape index (κ3) is 9.36. The lowest BCUT2D eigenvalue weighted by molar-refractivity contribution is 0.0526. The van der Waals surface area contributed by atoms with Crippen LogP contribution in [0.2, 0.25) is 0 Å². The first-order valence-corrected chi connectivity index (χ1v) is 8.34. The molecule has 1 aromatic rings. The summed E-state index contributed by atoms with van der Waals surface area (Å²) >= 11 is 0. The van der Waals surface area contributed by atoms with E-state index in [9.17, 15) is 13.6 Å². The van der Waals surface area contributed by atoms with E-state index < -0.39 is 23.3 Å². The Hall–Kier alpha value is -1.73. The first kappa shape index (κ1) is 21.3. The molecule has 0 radical (unpaired) electrons. The maximum absolute atomic E-state index is 13.6. The minimum absolute atomic E-state index is 0.00473. The first-order chi connectivity index (χ1) is 11.7. The number of ether oxygens (including phenoxy) is 2. The predicted octanol–water partition coefficient (Wildman–Crippen LogP) is 3.37. The third-order valence-corrected chi connectivity index (χ3v) is 3.36. The van der Waals surface area contributed by atoms with Crippen molar-refractivity contribution in [3.63, 3.8) is 0 Å². The van der Waals surface area contributed by atoms with Gasteiger partial charge in [0.15, 0.2) is 0 Å². The molecule has 1 unspecified atom stereocenters. The van der Waals surface area contributed by atoms with Crippen LogP contribution >= 0.6 is 0 Å². The number of carbonyl (C=O) groups excluding carboxylic acids is 1. The Morgan fingerprint density at radius 1 is 1.28 bits per heavy atom. The van der Waals surface area contributed by atoms with E-state index in [-0.39, 0.29) is 12.6 Å². The second-order valence-corrected chi connectivity index (χ2v) is 6.84. The lowest BCUT2D eigenvalue weighted by Gasteiger charge is -2.20. The van der Waals surface area contributed by atoms with E-state index in [0.717, 1.165) is 12.5 Å². The average molecular weight is 358 g/mol. The summed E-state index contributed by atoms with van der Waals surface area (Å²) in [4.78, 5) is 11.6. The van der Waals surface area contributed by atoms with Crippen molar-refractivity contribution in [2.24, 2.45) is 0 Å². The zero-order chi connectivity index (χ0) is 18.9. The Labute approximate surface area is 148 Å². The van der Waals surface area contributed by atoms with Crippen LogP contribution in [0.5, 0.6) is 0 Å². The van der Waals surface area contributed by atoms with Gasteiger partial charge in [-0.1, -0.05) is 6.07 Å². The normalized spacial score (nSPS) is 12.7. The molecular weight excluding hydrogens is 330 g/mol. The second kappa shape index (κ2) is 10.3. The molecule has 1 rings (SSSR count). The number of amides is 1. The highest BCUT2D eigenvalue weighted by molar-refractivity contribution is 5.67. The van der Waals surface area contributed by atoms with Gasteiger partial charge in [-0.2, -0.15) is 0 Å². The average Bonchev–Trinajstić information content (AvgIpc) is 2.48. The number of carbonyl (C=O) groups is 1. The molecule has 25 heavy (non-hydrogen) atoms. The Morgan fingerprint density at radius 2 is 2.00 bits per heavy atom. The molecule has 5 nitrogen and oxygen atoms in total. The SMILES string of the molecule is COCC(CCCNC(=O)OC(C)(C)C)NCc1ccc(F)cc1F. The number of benzene rings is 1. The highest BCUT2D eigenvalue weighted by atomic mass is 19.1. The molecular formula is C18H28F2N2O3. The van der Waals surface area contributed by atoms with Crippen molar-refractivity contribution < 1.29 is 23.0 Å². The molecule has 0 bridgehead atoms. The molecule has 0 spiro atoms. The van der Waals surface area contributed by atoms with Crippen molar-refractivity contribution in [2.45, 2.75) is 51.8 Å². The number of nitrogens with one attached hydrogen (secondary N) is 2. The van der Waals surface area contributed by atoms with E-state index in [1.807, 2.05) is 0 Å². The van der Waals surface area contributed by atoms with Gasteiger partial charge in [-0.25, -0.2) is 13.6 Å². The fraction of sp³-hybridized carbons (Fsp3) is 0.611. The maximum atomic E-state index is 13.6. The summed E-state index contributed by atoms with van der Waals surface area (Å²) in [6.07, 6.45) is 0.996. The smallest absolute Gasteiger partial charge is 0.407 e. The molecule has 7 heteroatoms. The lowest BCUT2D eigenvalue weighted by atomic mass is 10.1. The van der Waals surface area contributed by atoms with E-state index in [0.29, 0.717) is 25.1 Å². The topological polar surface area (TPSA) is 59.6 Å². The molecule has 1 atom stereocenters. The van der Waals surface area contributed by atoms with Gasteiger partial charge in [0, 0.05) is 37.9 Å². The molecule has 0 aliphatic rings. The minimum Gasteiger partial charge on any atom is -0.444 e. The molecule has 0 saturated carbocycles. The quantitative estimate of drug-likeness (QED) is 0.665. The van der Waals surface area contributed by atoms with Crippen LogP contribution in [0.3, 0.4) is 0 Å². The monoisotopic (exact) mass is 358 g/mol. The number of hydrogen-bond donors (Lipinski definition) is 2. The molecule has 1 amide bonds. The van der Waals surface area contributed by atoms with E-state index in [1.54, 1.807) is 27.9 Å². The fourth-order valence-electron chi connectivity index (χ4n) is 2.22. The van der Waals surface area contributed by atoms with Gasteiger partial charge in [0.25, 0.3) is 0 Å². The fourth-order valence-corrected chi connectivity index (χ4v) is 2.22. The van der Waals surface area contributed by atoms with Gasteiger partial charge >= 0.3 is 6.09 Å². The summed E-state index contributed by atoms with van der Waals surface area (Å²) in [7, 11) is 1.59. The van der Waals surface area contributed by atoms with Crippen molar-refractivity contribution >= 4 is 6.09 Å². The standard InChI is InChI=1S/C18H28F2N2O3/c1-18(2,3)25-17(23)21-9-5-6-15(12-24-4)22-11-13-7-8-14(19)10-16(13)20/h7-8,10,15,22H,5-6,9,11-12H2,1-4H3,(H,21,23). The molecule has 142 valence electrons. The Balaban J connectivity index is 2.35. The first-order valence-electron chi connectivity index (χ1n) is 8.34. The highest BCUT2D eigenvalue weighted by Crippen LogP contribution is 2.10. The van der Waals surface area contributed by atoms with Crippen molar-refractivity contribution in [3.8, 4) is 0 Å². The van der Waals surface area contributed by atoms with Crippen LogP contribution in [-0.4, -0.2) is 38.0 Å². The van der Waals surface area contributed by atoms with Crippen molar-refractivity contribution in [3.05, 3.63) is 35.4 Å². The second-order valence-electron chi connectivity index (χ2n) is 6.84. The van der Waals surface area contributed by atoms with Crippen LogP contribution in [0.1, 0.15) is 39.2 Å². The minimum atomic E-state index is -0.595. The van der Waals surface area contributed by atoms with Crippen LogP contribution in [-0.2, 0) is 16.0 Å². The van der Waals surface area contributed by atoms with Crippen LogP contribution in [0.15, 0.2) is 18.2 Å². The van der Waals surface area contributed by atoms with Crippen LogP contribution in [0.4, 0.5) is 13.6 Å². The van der Waals surface area contributed by atoms with Crippen LogP contribution < -0.4 is 10.6 Å². The molecule has 0 aromatic heterocycles. The number of halogens is 2. The lowest BCUT2D eigenvalue weighted by Crippen LogP contribution is -2.35. The van der Waals surface area contributed by atoms with Gasteiger partial charge in [0.1, 0.15) is 17.2 Å². The summed E-state index contributed by atoms with van der Waals surface area (Å²) in [5.74, 6) is -1.17. The molecule has 2 N–H and O–H groups in total. The maximum Gasteiger partial charge on any atom is 0.407 e. The van der Waals surface area contributed by atoms with Crippen molar-refractivity contribution in [1.29, 1.82) is 0 Å². The van der Waals surface area contributed by atoms with Gasteiger partial charge in [-0.05, 0) is 39.7 Å². The van der Waals surface area contributed by atoms with Gasteiger partial charge in [-0.3, -0.25) is 0 Å². The third-order valence-electron chi connectivity index (χ3n) is 3.36. The zero-order valence-electron chi connectivity index (χ0n) is 15.3. The van der Waals surface area contributed by atoms with E-state index in [2.05, 4.69) is 10.6 Å². The van der Waals surface area contributed by atoms with Crippen LogP contribution in [0, 0.1) is 11.6 Å². The Kier molecular flexibility index (Phi) is 8.78. The van der Waals surface area contributed by atoms with E-state index >= 15 is 0 Å². The van der Waals surface area contributed by atoms with Gasteiger partial charge < -0.3 is 20.1 Å². The number of rotatable bonds is 9. The highest BCUT2D eigenvalue weighted by Gasteiger charge is 2.16. The molecule has 0 heterocycles. The zero-order valence-corrected chi connectivity index (χ0v) is 15.3. The van der Waals surface area contributed by atoms with E-state index in [1.165, 1.54) is 12.1 Å². The summed E-state index contributed by atoms with van der Waals surface area (Å²) < 4.78 is 36.9. The number of methoxy groups -OCH3 is 1. The largest absolute Gasteiger partial charge is 0.444 e. The molecule has 0 saturated heterocycles. The predicted molar refractivity (Wildman–Crippen MR) is 92.3 cm³/mol. The van der Waals surface area contributed by atoms with Crippen molar-refractivity contribution in [2.75, 3.05) is 20.3 Å². The molecule has 0 aliphatic carbocycles. The summed E-state index contributed by atoms with van der Waals surface area (Å²) in [6, 6.07) is 3.52. The summed E-state index contributed by atoms with van der Waals surface area (Å²) in [6.45, 7) is 6.62. The Bertz CT molecular complexity index is 548. The van der Waals surface area contributed by atoms with Crippen molar-refractivity contribution in [1.82, 2.24) is 10.6 Å².